The first kappa shape index (κ1) is 30.6. The molecule has 0 aromatic rings. The van der Waals surface area contributed by atoms with E-state index in [1.807, 2.05) is 0 Å². The topological polar surface area (TPSA) is 20.2 Å². The second-order valence-electron chi connectivity index (χ2n) is 0.316. The van der Waals surface area contributed by atoms with Crippen LogP contribution >= 0.6 is 0 Å². The summed E-state index contributed by atoms with van der Waals surface area (Å²) in [6, 6.07) is 0. The molecule has 7 heavy (non-hydrogen) atoms. The summed E-state index contributed by atoms with van der Waals surface area (Å²) in [5, 5.41) is 7.57. The van der Waals surface area contributed by atoms with E-state index >= 15 is 0 Å². The Morgan fingerprint density at radius 3 is 1.00 bits per heavy atom. The van der Waals surface area contributed by atoms with Crippen LogP contribution in [0.4, 0.5) is 0 Å². The minimum atomic E-state index is 0. The van der Waals surface area contributed by atoms with Crippen molar-refractivity contribution in [3.8, 4) is 0 Å². The van der Waals surface area contributed by atoms with Crippen molar-refractivity contribution in [1.29, 1.82) is 0 Å². The van der Waals surface area contributed by atoms with Gasteiger partial charge in [-0.15, -0.1) is 0 Å². The van der Waals surface area contributed by atoms with Crippen molar-refractivity contribution in [3.05, 3.63) is 0 Å². The molecule has 5 heteroatoms. The van der Waals surface area contributed by atoms with Gasteiger partial charge in [0.05, 0.1) is 0 Å². The third-order valence-electron chi connectivity index (χ3n) is 0. The third kappa shape index (κ3) is 40.2. The van der Waals surface area contributed by atoms with Crippen LogP contribution in [-0.4, -0.2) is 130 Å². The Hall–Kier alpha value is 3.96. The molecule has 0 aliphatic carbocycles. The van der Waals surface area contributed by atoms with Crippen molar-refractivity contribution < 1.29 is 5.11 Å². The van der Waals surface area contributed by atoms with Gasteiger partial charge in [0.15, 0.2) is 0 Å². The molecule has 0 heterocycles. The van der Waals surface area contributed by atoms with Crippen molar-refractivity contribution in [3.63, 3.8) is 0 Å². The average Bonchev–Trinajstić information content (AvgIpc) is 0.918. The van der Waals surface area contributed by atoms with E-state index in [9.17, 15) is 0 Å². The summed E-state index contributed by atoms with van der Waals surface area (Å²) < 4.78 is 0. The van der Waals surface area contributed by atoms with E-state index in [0.29, 0.717) is 0 Å². The summed E-state index contributed by atoms with van der Waals surface area (Å²) in [7, 11) is 0. The zero-order chi connectivity index (χ0) is 2.71. The van der Waals surface area contributed by atoms with Gasteiger partial charge in [0.1, 0.15) is 0 Å². The van der Waals surface area contributed by atoms with Gasteiger partial charge >= 0.3 is 118 Å². The molecule has 0 rings (SSSR count). The van der Waals surface area contributed by atoms with E-state index in [1.165, 1.54) is 0 Å². The zero-order valence-corrected chi connectivity index (χ0v) is 2.15. The summed E-state index contributed by atoms with van der Waals surface area (Å²) >= 11 is 0. The van der Waals surface area contributed by atoms with Crippen molar-refractivity contribution in [2.75, 3.05) is 6.61 Å². The maximum atomic E-state index is 7.57. The summed E-state index contributed by atoms with van der Waals surface area (Å²) in [5.74, 6) is 0. The number of aliphatic hydroxyl groups is 1. The fraction of sp³-hybridized carbons (Fsp3) is 1.00. The predicted molar refractivity (Wildman–Crippen MR) is 41.4 cm³/mol. The van der Waals surface area contributed by atoms with Crippen LogP contribution in [0.1, 0.15) is 6.92 Å². The van der Waals surface area contributed by atoms with Crippen molar-refractivity contribution >= 4 is 118 Å². The molecule has 0 amide bonds. The number of hydrogen-bond donors (Lipinski definition) is 1. The van der Waals surface area contributed by atoms with Gasteiger partial charge < -0.3 is 5.11 Å². The van der Waals surface area contributed by atoms with Crippen molar-refractivity contribution in [1.82, 2.24) is 0 Å². The molecule has 0 radical (unpaired) electrons. The molecule has 0 saturated carbocycles. The fourth-order valence-corrected chi connectivity index (χ4v) is 0. The van der Waals surface area contributed by atoms with E-state index in [-0.39, 0.29) is 125 Å². The molecule has 0 fully saturated rings. The van der Waals surface area contributed by atoms with Crippen LogP contribution in [0, 0.1) is 0 Å². The molecule has 0 bridgehead atoms. The van der Waals surface area contributed by atoms with Crippen molar-refractivity contribution in [2.24, 2.45) is 0 Å². The second kappa shape index (κ2) is 32.5. The van der Waals surface area contributed by atoms with Crippen LogP contribution < -0.4 is 0 Å². The molecule has 0 saturated heterocycles. The molecule has 0 aliphatic heterocycles. The molecule has 0 aromatic heterocycles. The summed E-state index contributed by atoms with van der Waals surface area (Å²) in [5.41, 5.74) is 0. The maximum absolute atomic E-state index is 7.57. The van der Waals surface area contributed by atoms with Gasteiger partial charge in [-0.25, -0.2) is 0 Å². The first-order chi connectivity index (χ1) is 1.41. The van der Waals surface area contributed by atoms with Gasteiger partial charge in [-0.2, -0.15) is 0 Å². The van der Waals surface area contributed by atoms with Gasteiger partial charge in [0.2, 0.25) is 0 Å². The molecular weight excluding hydrogens is 132 g/mol. The van der Waals surface area contributed by atoms with Crippen LogP contribution in [0.15, 0.2) is 0 Å². The first-order valence-electron chi connectivity index (χ1n) is 1.02. The van der Waals surface area contributed by atoms with Crippen LogP contribution in [0.2, 0.25) is 0 Å². The number of hydrogen-bond acceptors (Lipinski definition) is 1. The molecular formula is C2H10Na4O. The molecule has 0 aliphatic rings. The second-order valence-corrected chi connectivity index (χ2v) is 0.316. The van der Waals surface area contributed by atoms with Crippen LogP contribution in [-0.2, 0) is 0 Å². The Balaban J connectivity index is -0.00000000333. The summed E-state index contributed by atoms with van der Waals surface area (Å²) in [6.45, 7) is 1.93. The Labute approximate surface area is 134 Å². The van der Waals surface area contributed by atoms with Crippen LogP contribution in [0.25, 0.3) is 0 Å². The minimum absolute atomic E-state index is 0. The Kier molecular flexibility index (Phi) is 142. The predicted octanol–water partition coefficient (Wildman–Crippen LogP) is -2.60. The van der Waals surface area contributed by atoms with E-state index in [2.05, 4.69) is 0 Å². The standard InChI is InChI=1S/C2H6O.4Na.4H/c1-2-3;;;;;;;;/h3H,2H2,1H3;;;;;;;;. The normalized spacial score (nSPS) is 2.57. The monoisotopic (exact) mass is 142 g/mol. The quantitative estimate of drug-likeness (QED) is 0.368. The van der Waals surface area contributed by atoms with Gasteiger partial charge in [-0.1, -0.05) is 0 Å². The Morgan fingerprint density at radius 2 is 1.00 bits per heavy atom. The zero-order valence-electron chi connectivity index (χ0n) is 2.15. The fourth-order valence-electron chi connectivity index (χ4n) is 0. The van der Waals surface area contributed by atoms with Gasteiger partial charge in [-0.05, 0) is 6.92 Å². The van der Waals surface area contributed by atoms with Gasteiger partial charge in [0, 0.05) is 6.61 Å². The molecule has 1 nitrogen and oxygen atoms in total. The third-order valence-corrected chi connectivity index (χ3v) is 0. The van der Waals surface area contributed by atoms with E-state index < -0.39 is 0 Å². The van der Waals surface area contributed by atoms with Gasteiger partial charge in [-0.3, -0.25) is 0 Å². The molecule has 1 N–H and O–H groups in total. The Bertz CT molecular complexity index is 9.65. The first-order valence-corrected chi connectivity index (χ1v) is 1.02. The molecule has 0 unspecified atom stereocenters. The Morgan fingerprint density at radius 1 is 1.00 bits per heavy atom. The van der Waals surface area contributed by atoms with E-state index in [1.54, 1.807) is 6.92 Å². The van der Waals surface area contributed by atoms with Gasteiger partial charge in [0.25, 0.3) is 0 Å². The molecule has 0 aromatic carbocycles. The van der Waals surface area contributed by atoms with Crippen LogP contribution in [0.5, 0.6) is 0 Å². The average molecular weight is 142 g/mol. The number of aliphatic hydroxyl groups excluding tert-OH is 1. The summed E-state index contributed by atoms with van der Waals surface area (Å²) in [4.78, 5) is 0. The van der Waals surface area contributed by atoms with Crippen LogP contribution in [0.3, 0.4) is 0 Å². The molecule has 28 valence electrons. The van der Waals surface area contributed by atoms with E-state index in [4.69, 9.17) is 5.11 Å². The number of rotatable bonds is 0. The van der Waals surface area contributed by atoms with E-state index in [0.717, 1.165) is 0 Å². The van der Waals surface area contributed by atoms with Crippen molar-refractivity contribution in [2.45, 2.75) is 6.92 Å². The summed E-state index contributed by atoms with van der Waals surface area (Å²) in [6.07, 6.45) is 0. The molecule has 0 atom stereocenters. The SMILES string of the molecule is CCO.[NaH].[NaH].[NaH].[NaH]. The molecule has 0 spiro atoms.